The highest BCUT2D eigenvalue weighted by Crippen LogP contribution is 2.40. The number of nitrogens with zero attached hydrogens (tertiary/aromatic N) is 3. The summed E-state index contributed by atoms with van der Waals surface area (Å²) in [5.74, 6) is 1.92. The van der Waals surface area contributed by atoms with Gasteiger partial charge in [0.1, 0.15) is 17.1 Å². The summed E-state index contributed by atoms with van der Waals surface area (Å²) in [6.07, 6.45) is 6.17. The molecular formula is C21H24N6O2. The van der Waals surface area contributed by atoms with E-state index in [1.54, 1.807) is 6.26 Å². The van der Waals surface area contributed by atoms with Crippen LogP contribution < -0.4 is 10.6 Å². The molecule has 0 aromatic carbocycles. The van der Waals surface area contributed by atoms with Gasteiger partial charge in [0.25, 0.3) is 5.91 Å². The Kier molecular flexibility index (Phi) is 3.71. The van der Waals surface area contributed by atoms with Gasteiger partial charge in [0.05, 0.1) is 11.6 Å². The smallest absolute Gasteiger partial charge is 0.273 e. The quantitative estimate of drug-likeness (QED) is 0.631. The van der Waals surface area contributed by atoms with Crippen molar-refractivity contribution in [2.75, 3.05) is 18.4 Å². The fraction of sp³-hybridized carbons (Fsp3) is 0.476. The summed E-state index contributed by atoms with van der Waals surface area (Å²) in [4.78, 5) is 20.3. The monoisotopic (exact) mass is 392 g/mol. The van der Waals surface area contributed by atoms with Crippen molar-refractivity contribution in [2.24, 2.45) is 0 Å². The summed E-state index contributed by atoms with van der Waals surface area (Å²) in [6.45, 7) is 3.62. The standard InChI is InChI=1S/C21H24N6O2/c1-11-18(21(28)27-13-4-5-14(27)10-22-9-13)24-20(15-6-7-29-19(11)15)23-17-8-16(25-26-17)12-2-3-12/h6-8,12-14,22H,2-5,9-10H2,1H3,(H2,23,24,25,26). The molecule has 3 aromatic rings. The number of nitrogens with one attached hydrogen (secondary N) is 3. The number of aromatic nitrogens is 3. The first-order valence-electron chi connectivity index (χ1n) is 10.4. The van der Waals surface area contributed by atoms with E-state index in [0.29, 0.717) is 28.8 Å². The van der Waals surface area contributed by atoms with E-state index < -0.39 is 0 Å². The van der Waals surface area contributed by atoms with Gasteiger partial charge in [-0.2, -0.15) is 5.10 Å². The Bertz CT molecular complexity index is 1080. The Balaban J connectivity index is 1.39. The molecule has 2 saturated heterocycles. The number of H-pyrrole nitrogens is 1. The van der Waals surface area contributed by atoms with Crippen molar-refractivity contribution in [3.05, 3.63) is 35.3 Å². The maximum atomic E-state index is 13.5. The first-order valence-corrected chi connectivity index (χ1v) is 10.4. The van der Waals surface area contributed by atoms with Crippen LogP contribution in [0.4, 0.5) is 11.6 Å². The Hall–Kier alpha value is -2.87. The van der Waals surface area contributed by atoms with Gasteiger partial charge in [0.2, 0.25) is 0 Å². The molecule has 1 amide bonds. The minimum absolute atomic E-state index is 0.00135. The zero-order valence-corrected chi connectivity index (χ0v) is 16.4. The van der Waals surface area contributed by atoms with Crippen molar-refractivity contribution >= 4 is 28.5 Å². The summed E-state index contributed by atoms with van der Waals surface area (Å²) in [7, 11) is 0. The van der Waals surface area contributed by atoms with Crippen molar-refractivity contribution in [3.63, 3.8) is 0 Å². The summed E-state index contributed by atoms with van der Waals surface area (Å²) in [5.41, 5.74) is 3.11. The van der Waals surface area contributed by atoms with Gasteiger partial charge in [0, 0.05) is 48.4 Å². The molecule has 2 unspecified atom stereocenters. The number of amides is 1. The Labute approximate surface area is 168 Å². The van der Waals surface area contributed by atoms with Crippen LogP contribution in [0.3, 0.4) is 0 Å². The van der Waals surface area contributed by atoms with Crippen molar-refractivity contribution in [1.29, 1.82) is 0 Å². The maximum absolute atomic E-state index is 13.5. The summed E-state index contributed by atoms with van der Waals surface area (Å²) < 4.78 is 5.74. The molecule has 3 aliphatic rings. The number of furan rings is 1. The number of fused-ring (bicyclic) bond motifs is 3. The van der Waals surface area contributed by atoms with Crippen LogP contribution >= 0.6 is 0 Å². The molecule has 8 nitrogen and oxygen atoms in total. The Morgan fingerprint density at radius 1 is 1.24 bits per heavy atom. The molecule has 1 saturated carbocycles. The van der Waals surface area contributed by atoms with Crippen LogP contribution in [0.25, 0.3) is 11.0 Å². The van der Waals surface area contributed by atoms with Gasteiger partial charge in [-0.3, -0.25) is 9.89 Å². The van der Waals surface area contributed by atoms with Crippen LogP contribution in [0, 0.1) is 6.92 Å². The number of carbonyl (C=O) groups is 1. The second kappa shape index (κ2) is 6.32. The van der Waals surface area contributed by atoms with E-state index in [0.717, 1.165) is 42.6 Å². The van der Waals surface area contributed by atoms with Gasteiger partial charge in [0.15, 0.2) is 5.82 Å². The van der Waals surface area contributed by atoms with E-state index in [1.165, 1.54) is 12.8 Å². The zero-order valence-electron chi connectivity index (χ0n) is 16.4. The molecule has 3 N–H and O–H groups in total. The first-order chi connectivity index (χ1) is 14.2. The summed E-state index contributed by atoms with van der Waals surface area (Å²) in [6, 6.07) is 4.41. The third-order valence-electron chi connectivity index (χ3n) is 6.52. The third-order valence-corrected chi connectivity index (χ3v) is 6.52. The van der Waals surface area contributed by atoms with Crippen molar-refractivity contribution in [1.82, 2.24) is 25.4 Å². The highest BCUT2D eigenvalue weighted by Gasteiger charge is 2.41. The Morgan fingerprint density at radius 3 is 2.79 bits per heavy atom. The third kappa shape index (κ3) is 2.73. The maximum Gasteiger partial charge on any atom is 0.273 e. The van der Waals surface area contributed by atoms with Gasteiger partial charge < -0.3 is 20.0 Å². The van der Waals surface area contributed by atoms with Crippen LogP contribution in [0.5, 0.6) is 0 Å². The first kappa shape index (κ1) is 17.0. The average molecular weight is 392 g/mol. The van der Waals surface area contributed by atoms with E-state index in [9.17, 15) is 4.79 Å². The second-order valence-corrected chi connectivity index (χ2v) is 8.46. The van der Waals surface area contributed by atoms with Crippen molar-refractivity contribution < 1.29 is 9.21 Å². The number of pyridine rings is 1. The topological polar surface area (TPSA) is 99.1 Å². The second-order valence-electron chi connectivity index (χ2n) is 8.46. The normalized spacial score (nSPS) is 23.7. The highest BCUT2D eigenvalue weighted by atomic mass is 16.3. The lowest BCUT2D eigenvalue weighted by molar-refractivity contribution is 0.0613. The number of aryl methyl sites for hydroxylation is 1. The van der Waals surface area contributed by atoms with Crippen molar-refractivity contribution in [2.45, 2.75) is 50.6 Å². The molecule has 5 heterocycles. The minimum atomic E-state index is -0.00135. The molecule has 3 fully saturated rings. The molecule has 29 heavy (non-hydrogen) atoms. The molecule has 1 aliphatic carbocycles. The van der Waals surface area contributed by atoms with Crippen molar-refractivity contribution in [3.8, 4) is 0 Å². The molecule has 8 heteroatoms. The SMILES string of the molecule is Cc1c(C(=O)N2C3CCC2CNC3)nc(Nc2cc(C3CC3)[nH]n2)c2ccoc12. The number of anilines is 2. The van der Waals surface area contributed by atoms with Crippen LogP contribution in [0.2, 0.25) is 0 Å². The lowest BCUT2D eigenvalue weighted by atomic mass is 10.1. The number of piperazine rings is 1. The van der Waals surface area contributed by atoms with Gasteiger partial charge in [-0.25, -0.2) is 4.98 Å². The fourth-order valence-corrected chi connectivity index (χ4v) is 4.81. The molecule has 2 bridgehead atoms. The molecule has 2 atom stereocenters. The van der Waals surface area contributed by atoms with Gasteiger partial charge in [-0.05, 0) is 38.7 Å². The molecule has 3 aromatic heterocycles. The van der Waals surface area contributed by atoms with Gasteiger partial charge in [-0.15, -0.1) is 0 Å². The number of aromatic amines is 1. The number of rotatable bonds is 4. The molecule has 150 valence electrons. The average Bonchev–Trinajstić information content (AvgIpc) is 3.16. The van der Waals surface area contributed by atoms with Gasteiger partial charge in [-0.1, -0.05) is 0 Å². The predicted octanol–water partition coefficient (Wildman–Crippen LogP) is 3.06. The van der Waals surface area contributed by atoms with E-state index >= 15 is 0 Å². The Morgan fingerprint density at radius 2 is 2.03 bits per heavy atom. The summed E-state index contributed by atoms with van der Waals surface area (Å²) in [5, 5.41) is 15.1. The fourth-order valence-electron chi connectivity index (χ4n) is 4.81. The minimum Gasteiger partial charge on any atom is -0.464 e. The number of carbonyl (C=O) groups excluding carboxylic acids is 1. The highest BCUT2D eigenvalue weighted by molar-refractivity contribution is 6.02. The van der Waals surface area contributed by atoms with E-state index in [-0.39, 0.29) is 18.0 Å². The lowest BCUT2D eigenvalue weighted by Gasteiger charge is -2.35. The number of hydrogen-bond donors (Lipinski definition) is 3. The van der Waals surface area contributed by atoms with E-state index in [1.807, 2.05) is 24.0 Å². The molecule has 0 radical (unpaired) electrons. The largest absolute Gasteiger partial charge is 0.464 e. The molecule has 0 spiro atoms. The van der Waals surface area contributed by atoms with Crippen LogP contribution in [0.15, 0.2) is 22.8 Å². The van der Waals surface area contributed by atoms with Gasteiger partial charge >= 0.3 is 0 Å². The molecule has 2 aliphatic heterocycles. The van der Waals surface area contributed by atoms with E-state index in [4.69, 9.17) is 9.40 Å². The summed E-state index contributed by atoms with van der Waals surface area (Å²) >= 11 is 0. The lowest BCUT2D eigenvalue weighted by Crippen LogP contribution is -2.54. The van der Waals surface area contributed by atoms with Crippen LogP contribution in [0.1, 0.15) is 53.3 Å². The predicted molar refractivity (Wildman–Crippen MR) is 108 cm³/mol. The zero-order chi connectivity index (χ0) is 19.5. The van der Waals surface area contributed by atoms with E-state index in [2.05, 4.69) is 20.8 Å². The van der Waals surface area contributed by atoms with Crippen LogP contribution in [-0.4, -0.2) is 51.2 Å². The number of hydrogen-bond acceptors (Lipinski definition) is 6. The van der Waals surface area contributed by atoms with Crippen LogP contribution in [-0.2, 0) is 0 Å². The molecular weight excluding hydrogens is 368 g/mol. The molecule has 6 rings (SSSR count).